The van der Waals surface area contributed by atoms with Crippen LogP contribution in [0.3, 0.4) is 0 Å². The van der Waals surface area contributed by atoms with E-state index in [1.54, 1.807) is 12.7 Å². The Hall–Kier alpha value is -2.54. The Bertz CT molecular complexity index is 903. The lowest BCUT2D eigenvalue weighted by atomic mass is 9.96. The maximum atomic E-state index is 12.3. The van der Waals surface area contributed by atoms with Crippen molar-refractivity contribution in [3.63, 3.8) is 0 Å². The number of H-pyrrole nitrogens is 1. The fraction of sp³-hybridized carbons (Fsp3) is 0.444. The third-order valence-corrected chi connectivity index (χ3v) is 5.04. The van der Waals surface area contributed by atoms with Crippen LogP contribution in [0.1, 0.15) is 31.6 Å². The standard InChI is InChI=1S/C18H22N6O/c1-13(17-21-16-7-3-2-6-15(16)18(25)22-17)23-8-4-5-14(9-23)10-24-12-19-11-20-24/h2-3,6-7,11-14H,4-5,8-10H2,1H3,(H,21,22,25)/t13-,14-/m0/s1. The number of nitrogens with zero attached hydrogens (tertiary/aromatic N) is 5. The molecule has 2 atom stereocenters. The van der Waals surface area contributed by atoms with Gasteiger partial charge in [0.25, 0.3) is 5.56 Å². The predicted molar refractivity (Wildman–Crippen MR) is 95.1 cm³/mol. The van der Waals surface area contributed by atoms with Crippen molar-refractivity contribution in [2.45, 2.75) is 32.4 Å². The van der Waals surface area contributed by atoms with Crippen LogP contribution in [0.2, 0.25) is 0 Å². The number of para-hydroxylation sites is 1. The average Bonchev–Trinajstić information content (AvgIpc) is 3.14. The lowest BCUT2D eigenvalue weighted by Crippen LogP contribution is -2.39. The number of aromatic nitrogens is 5. The van der Waals surface area contributed by atoms with Crippen molar-refractivity contribution in [2.75, 3.05) is 13.1 Å². The number of hydrogen-bond donors (Lipinski definition) is 1. The topological polar surface area (TPSA) is 79.7 Å². The van der Waals surface area contributed by atoms with Gasteiger partial charge in [0.15, 0.2) is 0 Å². The zero-order valence-electron chi connectivity index (χ0n) is 14.3. The van der Waals surface area contributed by atoms with Crippen LogP contribution in [0.15, 0.2) is 41.7 Å². The number of hydrogen-bond acceptors (Lipinski definition) is 5. The Morgan fingerprint density at radius 1 is 1.36 bits per heavy atom. The summed E-state index contributed by atoms with van der Waals surface area (Å²) in [6.45, 7) is 4.99. The molecule has 130 valence electrons. The van der Waals surface area contributed by atoms with Gasteiger partial charge in [-0.25, -0.2) is 9.97 Å². The molecule has 7 nitrogen and oxygen atoms in total. The highest BCUT2D eigenvalue weighted by molar-refractivity contribution is 5.77. The van der Waals surface area contributed by atoms with E-state index in [1.165, 1.54) is 6.42 Å². The first-order valence-corrected chi connectivity index (χ1v) is 8.76. The van der Waals surface area contributed by atoms with Crippen molar-refractivity contribution < 1.29 is 0 Å². The second-order valence-corrected chi connectivity index (χ2v) is 6.77. The van der Waals surface area contributed by atoms with Gasteiger partial charge in [-0.15, -0.1) is 0 Å². The molecule has 0 amide bonds. The minimum absolute atomic E-state index is 0.0661. The van der Waals surface area contributed by atoms with E-state index in [4.69, 9.17) is 0 Å². The maximum Gasteiger partial charge on any atom is 0.258 e. The van der Waals surface area contributed by atoms with Crippen LogP contribution in [0, 0.1) is 5.92 Å². The van der Waals surface area contributed by atoms with Gasteiger partial charge in [0.2, 0.25) is 0 Å². The molecule has 7 heteroatoms. The van der Waals surface area contributed by atoms with Gasteiger partial charge >= 0.3 is 0 Å². The van der Waals surface area contributed by atoms with Crippen LogP contribution in [0.4, 0.5) is 0 Å². The molecule has 0 unspecified atom stereocenters. The van der Waals surface area contributed by atoms with E-state index in [0.717, 1.165) is 37.4 Å². The Kier molecular flexibility index (Phi) is 4.31. The van der Waals surface area contributed by atoms with Crippen LogP contribution in [0.25, 0.3) is 10.9 Å². The fourth-order valence-electron chi connectivity index (χ4n) is 3.66. The first-order chi connectivity index (χ1) is 12.2. The molecule has 1 aliphatic heterocycles. The Morgan fingerprint density at radius 3 is 3.08 bits per heavy atom. The quantitative estimate of drug-likeness (QED) is 0.787. The third kappa shape index (κ3) is 3.32. The third-order valence-electron chi connectivity index (χ3n) is 5.04. The summed E-state index contributed by atoms with van der Waals surface area (Å²) in [5.74, 6) is 1.27. The SMILES string of the molecule is C[C@@H](c1nc2ccccc2c(=O)[nH]1)N1CCC[C@H](Cn2cncn2)C1. The van der Waals surface area contributed by atoms with Crippen LogP contribution >= 0.6 is 0 Å². The Balaban J connectivity index is 1.53. The molecule has 4 rings (SSSR count). The molecule has 2 aromatic heterocycles. The van der Waals surface area contributed by atoms with E-state index < -0.39 is 0 Å². The second-order valence-electron chi connectivity index (χ2n) is 6.77. The van der Waals surface area contributed by atoms with Crippen LogP contribution in [-0.4, -0.2) is 42.7 Å². The van der Waals surface area contributed by atoms with Gasteiger partial charge in [0, 0.05) is 13.1 Å². The highest BCUT2D eigenvalue weighted by Gasteiger charge is 2.26. The van der Waals surface area contributed by atoms with Gasteiger partial charge in [-0.3, -0.25) is 14.4 Å². The van der Waals surface area contributed by atoms with Crippen molar-refractivity contribution in [2.24, 2.45) is 5.92 Å². The van der Waals surface area contributed by atoms with Gasteiger partial charge in [-0.05, 0) is 44.4 Å². The average molecular weight is 338 g/mol. The summed E-state index contributed by atoms with van der Waals surface area (Å²) in [5, 5.41) is 4.85. The van der Waals surface area contributed by atoms with Crippen LogP contribution in [-0.2, 0) is 6.54 Å². The smallest absolute Gasteiger partial charge is 0.258 e. The Morgan fingerprint density at radius 2 is 2.24 bits per heavy atom. The molecule has 0 spiro atoms. The van der Waals surface area contributed by atoms with E-state index in [0.29, 0.717) is 11.3 Å². The second kappa shape index (κ2) is 6.76. The number of benzene rings is 1. The fourth-order valence-corrected chi connectivity index (χ4v) is 3.66. The van der Waals surface area contributed by atoms with Crippen molar-refractivity contribution >= 4 is 10.9 Å². The normalized spacial score (nSPS) is 20.0. The highest BCUT2D eigenvalue weighted by Crippen LogP contribution is 2.25. The molecule has 1 saturated heterocycles. The number of nitrogens with one attached hydrogen (secondary N) is 1. The molecule has 3 heterocycles. The molecule has 1 aliphatic rings. The molecule has 25 heavy (non-hydrogen) atoms. The lowest BCUT2D eigenvalue weighted by Gasteiger charge is -2.36. The number of fused-ring (bicyclic) bond motifs is 1. The van der Waals surface area contributed by atoms with E-state index in [2.05, 4.69) is 31.9 Å². The van der Waals surface area contributed by atoms with Crippen LogP contribution in [0.5, 0.6) is 0 Å². The van der Waals surface area contributed by atoms with Gasteiger partial charge in [0.05, 0.1) is 16.9 Å². The summed E-state index contributed by atoms with van der Waals surface area (Å²) < 4.78 is 1.90. The highest BCUT2D eigenvalue weighted by atomic mass is 16.1. The molecule has 0 bridgehead atoms. The summed E-state index contributed by atoms with van der Waals surface area (Å²) in [7, 11) is 0. The van der Waals surface area contributed by atoms with Crippen molar-refractivity contribution in [3.05, 3.63) is 53.1 Å². The number of rotatable bonds is 4. The van der Waals surface area contributed by atoms with Crippen LogP contribution < -0.4 is 5.56 Å². The van der Waals surface area contributed by atoms with Gasteiger partial charge in [-0.2, -0.15) is 5.10 Å². The Labute approximate surface area is 145 Å². The monoisotopic (exact) mass is 338 g/mol. The molecule has 1 N–H and O–H groups in total. The molecule has 1 aromatic carbocycles. The summed E-state index contributed by atoms with van der Waals surface area (Å²) in [4.78, 5) is 26.4. The maximum absolute atomic E-state index is 12.3. The summed E-state index contributed by atoms with van der Waals surface area (Å²) >= 11 is 0. The molecule has 0 saturated carbocycles. The molecule has 1 fully saturated rings. The largest absolute Gasteiger partial charge is 0.309 e. The first kappa shape index (κ1) is 16.0. The van der Waals surface area contributed by atoms with E-state index >= 15 is 0 Å². The predicted octanol–water partition coefficient (Wildman–Crippen LogP) is 1.99. The van der Waals surface area contributed by atoms with Gasteiger partial charge in [0.1, 0.15) is 18.5 Å². The summed E-state index contributed by atoms with van der Waals surface area (Å²) in [5.41, 5.74) is 0.688. The lowest BCUT2D eigenvalue weighted by molar-refractivity contribution is 0.117. The molecular weight excluding hydrogens is 316 g/mol. The number of piperidine rings is 1. The first-order valence-electron chi connectivity index (χ1n) is 8.76. The minimum Gasteiger partial charge on any atom is -0.309 e. The number of likely N-dealkylation sites (tertiary alicyclic amines) is 1. The summed E-state index contributed by atoms with van der Waals surface area (Å²) in [6.07, 6.45) is 5.67. The molecular formula is C18H22N6O. The zero-order valence-corrected chi connectivity index (χ0v) is 14.3. The van der Waals surface area contributed by atoms with E-state index in [1.807, 2.05) is 28.9 Å². The zero-order chi connectivity index (χ0) is 17.2. The summed E-state index contributed by atoms with van der Waals surface area (Å²) in [6, 6.07) is 7.56. The molecule has 0 radical (unpaired) electrons. The van der Waals surface area contributed by atoms with Crippen molar-refractivity contribution in [1.82, 2.24) is 29.6 Å². The van der Waals surface area contributed by atoms with Crippen molar-refractivity contribution in [1.29, 1.82) is 0 Å². The number of aromatic amines is 1. The van der Waals surface area contributed by atoms with Gasteiger partial charge < -0.3 is 4.98 Å². The van der Waals surface area contributed by atoms with E-state index in [-0.39, 0.29) is 11.6 Å². The van der Waals surface area contributed by atoms with E-state index in [9.17, 15) is 4.79 Å². The molecule has 3 aromatic rings. The minimum atomic E-state index is -0.0661. The molecule has 0 aliphatic carbocycles. The van der Waals surface area contributed by atoms with Gasteiger partial charge in [-0.1, -0.05) is 12.1 Å². The van der Waals surface area contributed by atoms with Crippen molar-refractivity contribution in [3.8, 4) is 0 Å².